The fourth-order valence-electron chi connectivity index (χ4n) is 2.98. The average Bonchev–Trinajstić information content (AvgIpc) is 2.44. The highest BCUT2D eigenvalue weighted by atomic mass is 16.3. The maximum atomic E-state index is 10.2. The molecule has 20 heavy (non-hydrogen) atoms. The monoisotopic (exact) mass is 276 g/mol. The van der Waals surface area contributed by atoms with Crippen LogP contribution in [0.5, 0.6) is 5.75 Å². The van der Waals surface area contributed by atoms with Crippen molar-refractivity contribution < 1.29 is 5.11 Å². The van der Waals surface area contributed by atoms with Gasteiger partial charge in [-0.25, -0.2) is 0 Å². The van der Waals surface area contributed by atoms with Crippen LogP contribution < -0.4 is 0 Å². The fourth-order valence-corrected chi connectivity index (χ4v) is 2.98. The normalized spacial score (nSPS) is 10.9. The lowest BCUT2D eigenvalue weighted by molar-refractivity contribution is 0.464. The molecule has 1 rings (SSSR count). The Balaban J connectivity index is 2.77. The van der Waals surface area contributed by atoms with Gasteiger partial charge >= 0.3 is 0 Å². The molecule has 0 amide bonds. The van der Waals surface area contributed by atoms with E-state index in [-0.39, 0.29) is 0 Å². The topological polar surface area (TPSA) is 20.2 Å². The van der Waals surface area contributed by atoms with E-state index in [1.54, 1.807) is 0 Å². The van der Waals surface area contributed by atoms with E-state index >= 15 is 0 Å². The van der Waals surface area contributed by atoms with Crippen LogP contribution in [0.3, 0.4) is 0 Å². The van der Waals surface area contributed by atoms with E-state index in [1.807, 2.05) is 6.07 Å². The Morgan fingerprint density at radius 3 is 2.05 bits per heavy atom. The van der Waals surface area contributed by atoms with Crippen molar-refractivity contribution in [1.29, 1.82) is 0 Å². The van der Waals surface area contributed by atoms with Gasteiger partial charge in [0.1, 0.15) is 5.75 Å². The lowest BCUT2D eigenvalue weighted by atomic mass is 9.91. The van der Waals surface area contributed by atoms with Gasteiger partial charge in [0.25, 0.3) is 0 Å². The maximum absolute atomic E-state index is 10.2. The number of phenolic OH excluding ortho intramolecular Hbond substituents is 1. The molecular weight excluding hydrogens is 244 g/mol. The Labute approximate surface area is 125 Å². The third-order valence-electron chi connectivity index (χ3n) is 4.05. The molecule has 0 bridgehead atoms. The number of rotatable bonds is 10. The molecule has 0 saturated heterocycles. The van der Waals surface area contributed by atoms with Crippen LogP contribution in [-0.4, -0.2) is 5.11 Å². The molecule has 0 aliphatic rings. The van der Waals surface area contributed by atoms with Crippen LogP contribution >= 0.6 is 0 Å². The Bertz CT molecular complexity index is 382. The van der Waals surface area contributed by atoms with Crippen molar-refractivity contribution in [3.8, 4) is 5.75 Å². The van der Waals surface area contributed by atoms with Gasteiger partial charge in [0.15, 0.2) is 0 Å². The molecule has 1 nitrogen and oxygen atoms in total. The molecule has 0 radical (unpaired) electrons. The summed E-state index contributed by atoms with van der Waals surface area (Å²) >= 11 is 0. The number of unbranched alkanes of at least 4 members (excludes halogenated alkanes) is 4. The highest BCUT2D eigenvalue weighted by Crippen LogP contribution is 2.28. The first kappa shape index (κ1) is 17.1. The molecule has 1 aromatic carbocycles. The molecule has 0 unspecified atom stereocenters. The molecule has 0 fully saturated rings. The molecule has 1 N–H and O–H groups in total. The van der Waals surface area contributed by atoms with Gasteiger partial charge in [0.2, 0.25) is 0 Å². The Morgan fingerprint density at radius 1 is 0.700 bits per heavy atom. The lowest BCUT2D eigenvalue weighted by Gasteiger charge is -2.16. The van der Waals surface area contributed by atoms with Gasteiger partial charge in [-0.3, -0.25) is 0 Å². The summed E-state index contributed by atoms with van der Waals surface area (Å²) < 4.78 is 0. The van der Waals surface area contributed by atoms with E-state index in [1.165, 1.54) is 55.2 Å². The number of aryl methyl sites for hydroxylation is 1. The van der Waals surface area contributed by atoms with Crippen molar-refractivity contribution >= 4 is 0 Å². The lowest BCUT2D eigenvalue weighted by Crippen LogP contribution is -2.01. The second-order valence-corrected chi connectivity index (χ2v) is 5.87. The predicted molar refractivity (Wildman–Crippen MR) is 88.6 cm³/mol. The van der Waals surface area contributed by atoms with Crippen molar-refractivity contribution in [3.05, 3.63) is 28.8 Å². The van der Waals surface area contributed by atoms with E-state index in [0.717, 1.165) is 25.7 Å². The molecular formula is C19H32O. The van der Waals surface area contributed by atoms with Crippen LogP contribution in [0.25, 0.3) is 0 Å². The van der Waals surface area contributed by atoms with Crippen LogP contribution in [0, 0.1) is 0 Å². The quantitative estimate of drug-likeness (QED) is 0.535. The van der Waals surface area contributed by atoms with Gasteiger partial charge in [-0.05, 0) is 48.4 Å². The van der Waals surface area contributed by atoms with Crippen molar-refractivity contribution in [2.24, 2.45) is 0 Å². The van der Waals surface area contributed by atoms with Gasteiger partial charge in [-0.1, -0.05) is 65.4 Å². The number of phenols is 1. The molecule has 0 saturated carbocycles. The molecule has 114 valence electrons. The Hall–Kier alpha value is -0.980. The first-order valence-corrected chi connectivity index (χ1v) is 8.57. The van der Waals surface area contributed by atoms with Crippen molar-refractivity contribution in [3.63, 3.8) is 0 Å². The van der Waals surface area contributed by atoms with E-state index in [0.29, 0.717) is 5.75 Å². The third kappa shape index (κ3) is 5.19. The summed E-state index contributed by atoms with van der Waals surface area (Å²) in [6.45, 7) is 6.71. The smallest absolute Gasteiger partial charge is 0.119 e. The molecule has 0 aliphatic carbocycles. The zero-order chi connectivity index (χ0) is 14.8. The van der Waals surface area contributed by atoms with Crippen LogP contribution in [0.1, 0.15) is 82.4 Å². The van der Waals surface area contributed by atoms with E-state index in [2.05, 4.69) is 26.8 Å². The average molecular weight is 276 g/mol. The van der Waals surface area contributed by atoms with Gasteiger partial charge in [-0.2, -0.15) is 0 Å². The zero-order valence-electron chi connectivity index (χ0n) is 13.7. The fraction of sp³-hybridized carbons (Fsp3) is 0.684. The van der Waals surface area contributed by atoms with Crippen LogP contribution in [0.15, 0.2) is 12.1 Å². The van der Waals surface area contributed by atoms with E-state index in [9.17, 15) is 5.11 Å². The number of aromatic hydroxyl groups is 1. The number of hydrogen-bond donors (Lipinski definition) is 1. The first-order valence-electron chi connectivity index (χ1n) is 8.57. The standard InChI is InChI=1S/C19H32O/c1-4-7-8-9-10-13-18-17(12-6-3)16(11-5-2)14-15-19(18)20/h14-15,20H,4-13H2,1-3H3. The third-order valence-corrected chi connectivity index (χ3v) is 4.05. The van der Waals surface area contributed by atoms with Crippen LogP contribution in [-0.2, 0) is 19.3 Å². The molecule has 1 aromatic rings. The summed E-state index contributed by atoms with van der Waals surface area (Å²) in [5.41, 5.74) is 4.12. The Morgan fingerprint density at radius 2 is 1.40 bits per heavy atom. The molecule has 0 atom stereocenters. The van der Waals surface area contributed by atoms with Gasteiger partial charge in [-0.15, -0.1) is 0 Å². The van der Waals surface area contributed by atoms with Crippen molar-refractivity contribution in [2.45, 2.75) is 85.0 Å². The molecule has 0 aliphatic heterocycles. The molecule has 0 spiro atoms. The van der Waals surface area contributed by atoms with Crippen molar-refractivity contribution in [1.82, 2.24) is 0 Å². The van der Waals surface area contributed by atoms with E-state index < -0.39 is 0 Å². The number of benzene rings is 1. The SMILES string of the molecule is CCCCCCCc1c(O)ccc(CCC)c1CCC. The maximum Gasteiger partial charge on any atom is 0.119 e. The first-order chi connectivity index (χ1) is 9.74. The highest BCUT2D eigenvalue weighted by molar-refractivity contribution is 5.45. The summed E-state index contributed by atoms with van der Waals surface area (Å²) in [5.74, 6) is 0.517. The minimum absolute atomic E-state index is 0.517. The minimum atomic E-state index is 0.517. The van der Waals surface area contributed by atoms with Crippen LogP contribution in [0.4, 0.5) is 0 Å². The number of hydrogen-bond acceptors (Lipinski definition) is 1. The van der Waals surface area contributed by atoms with Crippen LogP contribution in [0.2, 0.25) is 0 Å². The summed E-state index contributed by atoms with van der Waals surface area (Å²) in [6, 6.07) is 4.04. The van der Waals surface area contributed by atoms with E-state index in [4.69, 9.17) is 0 Å². The van der Waals surface area contributed by atoms with Gasteiger partial charge in [0.05, 0.1) is 0 Å². The summed E-state index contributed by atoms with van der Waals surface area (Å²) in [6.07, 6.45) is 12.1. The van der Waals surface area contributed by atoms with Gasteiger partial charge < -0.3 is 5.11 Å². The summed E-state index contributed by atoms with van der Waals surface area (Å²) in [4.78, 5) is 0. The second kappa shape index (κ2) is 9.85. The predicted octanol–water partition coefficient (Wildman–Crippen LogP) is 5.81. The van der Waals surface area contributed by atoms with Crippen molar-refractivity contribution in [2.75, 3.05) is 0 Å². The zero-order valence-corrected chi connectivity index (χ0v) is 13.7. The largest absolute Gasteiger partial charge is 0.508 e. The molecule has 0 heterocycles. The minimum Gasteiger partial charge on any atom is -0.508 e. The molecule has 0 aromatic heterocycles. The summed E-state index contributed by atoms with van der Waals surface area (Å²) in [7, 11) is 0. The highest BCUT2D eigenvalue weighted by Gasteiger charge is 2.11. The molecule has 1 heteroatoms. The van der Waals surface area contributed by atoms with Gasteiger partial charge in [0, 0.05) is 0 Å². The second-order valence-electron chi connectivity index (χ2n) is 5.87. The Kier molecular flexibility index (Phi) is 8.41. The summed E-state index contributed by atoms with van der Waals surface area (Å²) in [5, 5.41) is 10.2.